The summed E-state index contributed by atoms with van der Waals surface area (Å²) in [6.45, 7) is 8.79. The fourth-order valence-corrected chi connectivity index (χ4v) is 1.27. The van der Waals surface area contributed by atoms with E-state index in [0.29, 0.717) is 5.92 Å². The first-order valence-electron chi connectivity index (χ1n) is 4.73. The Kier molecular flexibility index (Phi) is 5.16. The lowest BCUT2D eigenvalue weighted by atomic mass is 9.88. The van der Waals surface area contributed by atoms with E-state index in [2.05, 4.69) is 27.7 Å². The van der Waals surface area contributed by atoms with Gasteiger partial charge in [-0.3, -0.25) is 0 Å². The highest BCUT2D eigenvalue weighted by atomic mass is 35.5. The molecule has 0 aromatic rings. The van der Waals surface area contributed by atoms with Crippen molar-refractivity contribution in [2.24, 2.45) is 5.92 Å². The molecule has 0 aliphatic rings. The Bertz CT molecular complexity index is 97.0. The summed E-state index contributed by atoms with van der Waals surface area (Å²) < 4.78 is 0. The smallest absolute Gasteiger partial charge is 0.0441 e. The third kappa shape index (κ3) is 4.00. The lowest BCUT2D eigenvalue weighted by molar-refractivity contribution is 0.376. The van der Waals surface area contributed by atoms with Gasteiger partial charge in [0.15, 0.2) is 0 Å². The van der Waals surface area contributed by atoms with Crippen LogP contribution in [0.5, 0.6) is 0 Å². The highest BCUT2D eigenvalue weighted by molar-refractivity contribution is 6.23. The summed E-state index contributed by atoms with van der Waals surface area (Å²) in [5.74, 6) is 0.647. The van der Waals surface area contributed by atoms with Crippen LogP contribution in [0.1, 0.15) is 53.4 Å². The van der Waals surface area contributed by atoms with Crippen LogP contribution in [0.3, 0.4) is 0 Å². The molecule has 2 unspecified atom stereocenters. The summed E-state index contributed by atoms with van der Waals surface area (Å²) in [6, 6.07) is 0. The van der Waals surface area contributed by atoms with Gasteiger partial charge >= 0.3 is 0 Å². The van der Waals surface area contributed by atoms with Gasteiger partial charge in [0.25, 0.3) is 0 Å². The molecule has 0 N–H and O–H groups in total. The van der Waals surface area contributed by atoms with Gasteiger partial charge < -0.3 is 0 Å². The molecule has 0 bridgehead atoms. The third-order valence-corrected chi connectivity index (χ3v) is 3.35. The zero-order valence-corrected chi connectivity index (χ0v) is 9.04. The minimum Gasteiger partial charge on any atom is -0.119 e. The van der Waals surface area contributed by atoms with Crippen LogP contribution in [-0.2, 0) is 0 Å². The molecule has 0 rings (SSSR count). The monoisotopic (exact) mass is 176 g/mol. The van der Waals surface area contributed by atoms with Crippen molar-refractivity contribution in [3.05, 3.63) is 0 Å². The summed E-state index contributed by atoms with van der Waals surface area (Å²) in [4.78, 5) is 0.0230. The van der Waals surface area contributed by atoms with Gasteiger partial charge in [-0.1, -0.05) is 33.6 Å². The number of halogens is 1. The highest BCUT2D eigenvalue weighted by Crippen LogP contribution is 2.31. The molecule has 0 aromatic heterocycles. The van der Waals surface area contributed by atoms with Crippen molar-refractivity contribution in [3.8, 4) is 0 Å². The molecule has 0 fully saturated rings. The van der Waals surface area contributed by atoms with Gasteiger partial charge in [-0.2, -0.15) is 0 Å². The van der Waals surface area contributed by atoms with Crippen LogP contribution in [-0.4, -0.2) is 4.87 Å². The average Bonchev–Trinajstić information content (AvgIpc) is 2.00. The van der Waals surface area contributed by atoms with Gasteiger partial charge in [0, 0.05) is 4.87 Å². The van der Waals surface area contributed by atoms with Crippen molar-refractivity contribution in [3.63, 3.8) is 0 Å². The summed E-state index contributed by atoms with van der Waals surface area (Å²) in [7, 11) is 0. The fourth-order valence-electron chi connectivity index (χ4n) is 1.16. The van der Waals surface area contributed by atoms with E-state index >= 15 is 0 Å². The van der Waals surface area contributed by atoms with E-state index in [1.165, 1.54) is 19.3 Å². The molecule has 0 spiro atoms. The Balaban J connectivity index is 3.71. The number of hydrogen-bond acceptors (Lipinski definition) is 0. The quantitative estimate of drug-likeness (QED) is 0.551. The van der Waals surface area contributed by atoms with Crippen LogP contribution in [0.2, 0.25) is 0 Å². The van der Waals surface area contributed by atoms with Gasteiger partial charge in [0.2, 0.25) is 0 Å². The third-order valence-electron chi connectivity index (χ3n) is 2.71. The van der Waals surface area contributed by atoms with Crippen LogP contribution < -0.4 is 0 Å². The van der Waals surface area contributed by atoms with Crippen LogP contribution in [0.15, 0.2) is 0 Å². The van der Waals surface area contributed by atoms with Gasteiger partial charge in [0.05, 0.1) is 0 Å². The number of unbranched alkanes of at least 4 members (excludes halogenated alkanes) is 1. The number of hydrogen-bond donors (Lipinski definition) is 0. The minimum absolute atomic E-state index is 0.0230. The van der Waals surface area contributed by atoms with E-state index < -0.39 is 0 Å². The molecule has 0 heterocycles. The molecule has 0 amide bonds. The van der Waals surface area contributed by atoms with E-state index in [9.17, 15) is 0 Å². The normalized spacial score (nSPS) is 19.4. The first kappa shape index (κ1) is 11.3. The molecular formula is C10H21Cl. The predicted octanol–water partition coefficient (Wildman–Crippen LogP) is 4.22. The first-order valence-corrected chi connectivity index (χ1v) is 5.11. The molecule has 0 aromatic carbocycles. The first-order chi connectivity index (χ1) is 5.04. The zero-order valence-electron chi connectivity index (χ0n) is 8.28. The maximum atomic E-state index is 6.31. The van der Waals surface area contributed by atoms with Crippen molar-refractivity contribution >= 4 is 11.6 Å². The highest BCUT2D eigenvalue weighted by Gasteiger charge is 2.25. The zero-order chi connectivity index (χ0) is 8.91. The van der Waals surface area contributed by atoms with Crippen LogP contribution in [0.4, 0.5) is 0 Å². The van der Waals surface area contributed by atoms with Crippen LogP contribution in [0.25, 0.3) is 0 Å². The van der Waals surface area contributed by atoms with E-state index in [1.807, 2.05) is 0 Å². The molecule has 0 saturated carbocycles. The van der Waals surface area contributed by atoms with Crippen molar-refractivity contribution in [1.29, 1.82) is 0 Å². The maximum absolute atomic E-state index is 6.31. The molecular weight excluding hydrogens is 156 g/mol. The van der Waals surface area contributed by atoms with Gasteiger partial charge in [-0.05, 0) is 25.7 Å². The second kappa shape index (κ2) is 5.03. The molecule has 0 saturated heterocycles. The lowest BCUT2D eigenvalue weighted by Gasteiger charge is -2.27. The second-order valence-corrected chi connectivity index (χ2v) is 4.54. The van der Waals surface area contributed by atoms with Gasteiger partial charge in [-0.15, -0.1) is 11.6 Å². The maximum Gasteiger partial charge on any atom is 0.0441 e. The fraction of sp³-hybridized carbons (Fsp3) is 1.00. The molecule has 0 aliphatic heterocycles. The van der Waals surface area contributed by atoms with E-state index in [0.717, 1.165) is 6.42 Å². The molecule has 68 valence electrons. The van der Waals surface area contributed by atoms with Crippen molar-refractivity contribution in [1.82, 2.24) is 0 Å². The lowest BCUT2D eigenvalue weighted by Crippen LogP contribution is -2.25. The largest absolute Gasteiger partial charge is 0.119 e. The summed E-state index contributed by atoms with van der Waals surface area (Å²) in [5, 5.41) is 0. The van der Waals surface area contributed by atoms with Crippen LogP contribution >= 0.6 is 11.6 Å². The van der Waals surface area contributed by atoms with Crippen molar-refractivity contribution in [2.75, 3.05) is 0 Å². The predicted molar refractivity (Wildman–Crippen MR) is 53.2 cm³/mol. The molecule has 1 heteroatoms. The van der Waals surface area contributed by atoms with Gasteiger partial charge in [-0.25, -0.2) is 0 Å². The Hall–Kier alpha value is 0.290. The average molecular weight is 177 g/mol. The summed E-state index contributed by atoms with van der Waals surface area (Å²) >= 11 is 6.31. The molecule has 0 nitrogen and oxygen atoms in total. The van der Waals surface area contributed by atoms with Crippen molar-refractivity contribution < 1.29 is 0 Å². The molecule has 2 atom stereocenters. The number of alkyl halides is 1. The van der Waals surface area contributed by atoms with Crippen molar-refractivity contribution in [2.45, 2.75) is 58.3 Å². The SMILES string of the molecule is CCCCC(C)C(C)(Cl)CC. The molecule has 0 aliphatic carbocycles. The molecule has 11 heavy (non-hydrogen) atoms. The summed E-state index contributed by atoms with van der Waals surface area (Å²) in [6.07, 6.45) is 4.92. The van der Waals surface area contributed by atoms with E-state index in [4.69, 9.17) is 11.6 Å². The second-order valence-electron chi connectivity index (χ2n) is 3.67. The Labute approximate surface area is 76.3 Å². The number of rotatable bonds is 5. The van der Waals surface area contributed by atoms with Crippen LogP contribution in [0, 0.1) is 5.92 Å². The Morgan fingerprint density at radius 3 is 2.27 bits per heavy atom. The van der Waals surface area contributed by atoms with E-state index in [1.54, 1.807) is 0 Å². The Morgan fingerprint density at radius 2 is 1.91 bits per heavy atom. The summed E-state index contributed by atoms with van der Waals surface area (Å²) in [5.41, 5.74) is 0. The van der Waals surface area contributed by atoms with Gasteiger partial charge in [0.1, 0.15) is 0 Å². The van der Waals surface area contributed by atoms with E-state index in [-0.39, 0.29) is 4.87 Å². The molecule has 0 radical (unpaired) electrons. The topological polar surface area (TPSA) is 0 Å². The standard InChI is InChI=1S/C10H21Cl/c1-5-7-8-9(3)10(4,11)6-2/h9H,5-8H2,1-4H3. The Morgan fingerprint density at radius 1 is 1.36 bits per heavy atom. The minimum atomic E-state index is 0.0230.